The van der Waals surface area contributed by atoms with Gasteiger partial charge in [0.25, 0.3) is 0 Å². The van der Waals surface area contributed by atoms with Crippen molar-refractivity contribution in [2.24, 2.45) is 0 Å². The van der Waals surface area contributed by atoms with Crippen LogP contribution >= 0.6 is 11.8 Å². The van der Waals surface area contributed by atoms with E-state index < -0.39 is 51.9 Å². The van der Waals surface area contributed by atoms with Crippen LogP contribution in [0, 0.1) is 0 Å². The highest BCUT2D eigenvalue weighted by atomic mass is 32.2. The van der Waals surface area contributed by atoms with E-state index in [1.807, 2.05) is 0 Å². The van der Waals surface area contributed by atoms with Crippen LogP contribution in [0.3, 0.4) is 0 Å². The number of rotatable bonds is 3. The minimum atomic E-state index is -1.10. The fourth-order valence-electron chi connectivity index (χ4n) is 3.53. The number of carboxylic acid groups (broad SMARTS) is 1. The van der Waals surface area contributed by atoms with Crippen molar-refractivity contribution in [1.29, 1.82) is 0 Å². The number of likely N-dealkylation sites (N-methyl/N-ethyl adjacent to an activating group) is 1. The van der Waals surface area contributed by atoms with Gasteiger partial charge in [0.2, 0.25) is 5.91 Å². The van der Waals surface area contributed by atoms with Crippen LogP contribution in [0.25, 0.3) is 0 Å². The maximum atomic E-state index is 12.4. The lowest BCUT2D eigenvalue weighted by molar-refractivity contribution is -0.160. The predicted octanol–water partition coefficient (Wildman–Crippen LogP) is -1.10. The van der Waals surface area contributed by atoms with Crippen molar-refractivity contribution in [2.75, 3.05) is 19.6 Å². The molecule has 0 aromatic rings. The van der Waals surface area contributed by atoms with Gasteiger partial charge in [0.15, 0.2) is 0 Å². The summed E-state index contributed by atoms with van der Waals surface area (Å²) < 4.78 is -0.704. The van der Waals surface area contributed by atoms with Crippen LogP contribution in [0.2, 0.25) is 0 Å². The second-order valence-electron chi connectivity index (χ2n) is 6.87. The predicted molar refractivity (Wildman–Crippen MR) is 90.0 cm³/mol. The number of nitrogens with zero attached hydrogens (tertiary/aromatic N) is 3. The van der Waals surface area contributed by atoms with Crippen LogP contribution in [0.5, 0.6) is 0 Å². The molecule has 0 saturated carbocycles. The number of amides is 5. The number of aliphatic carboxylic acids is 1. The van der Waals surface area contributed by atoms with Crippen molar-refractivity contribution in [1.82, 2.24) is 20.0 Å². The molecule has 0 bridgehead atoms. The Balaban J connectivity index is 1.69. The molecule has 5 amide bonds. The van der Waals surface area contributed by atoms with Gasteiger partial charge < -0.3 is 20.2 Å². The zero-order valence-electron chi connectivity index (χ0n) is 14.6. The smallest absolute Gasteiger partial charge is 0.327 e. The number of imide groups is 1. The van der Waals surface area contributed by atoms with Crippen LogP contribution in [0.1, 0.15) is 20.8 Å². The Bertz CT molecular complexity index is 710. The van der Waals surface area contributed by atoms with Gasteiger partial charge in [-0.2, -0.15) is 0 Å². The van der Waals surface area contributed by atoms with Crippen LogP contribution in [-0.2, 0) is 19.2 Å². The molecule has 11 heteroatoms. The number of nitrogens with one attached hydrogen (secondary N) is 1. The molecule has 3 saturated heterocycles. The third-order valence-corrected chi connectivity index (χ3v) is 6.46. The lowest BCUT2D eigenvalue weighted by atomic mass is 9.96. The first-order chi connectivity index (χ1) is 12.1. The summed E-state index contributed by atoms with van der Waals surface area (Å²) in [6.07, 6.45) is 0. The summed E-state index contributed by atoms with van der Waals surface area (Å²) in [5, 5.41) is 11.4. The molecule has 142 valence electrons. The molecular formula is C15H20N4O6S. The lowest BCUT2D eigenvalue weighted by Gasteiger charge is -2.44. The van der Waals surface area contributed by atoms with Gasteiger partial charge in [-0.3, -0.25) is 19.3 Å². The summed E-state index contributed by atoms with van der Waals surface area (Å²) in [5.41, 5.74) is 0. The second-order valence-corrected chi connectivity index (χ2v) is 8.64. The second kappa shape index (κ2) is 6.15. The standard InChI is InChI=1S/C15H20N4O6S/c1-4-17-5-6-18(11(22)10(17)21)14(25)16-7-9(20)19-8(13(23)24)15(2,3)26-12(7)19/h7-8,12H,4-6H2,1-3H3,(H,16,25)(H,23,24)/t7-,8+,12-/m1/s1. The van der Waals surface area contributed by atoms with Gasteiger partial charge in [-0.25, -0.2) is 9.59 Å². The normalized spacial score (nSPS) is 30.2. The number of carboxylic acids is 1. The zero-order valence-corrected chi connectivity index (χ0v) is 15.4. The molecule has 26 heavy (non-hydrogen) atoms. The van der Waals surface area contributed by atoms with Gasteiger partial charge in [0.05, 0.1) is 0 Å². The number of piperazine rings is 1. The summed E-state index contributed by atoms with van der Waals surface area (Å²) >= 11 is 1.29. The lowest BCUT2D eigenvalue weighted by Crippen LogP contribution is -2.72. The molecule has 3 fully saturated rings. The highest BCUT2D eigenvalue weighted by Crippen LogP contribution is 2.50. The van der Waals surface area contributed by atoms with Crippen molar-refractivity contribution in [3.63, 3.8) is 0 Å². The van der Waals surface area contributed by atoms with E-state index in [2.05, 4.69) is 5.32 Å². The molecular weight excluding hydrogens is 364 g/mol. The minimum absolute atomic E-state index is 0.0515. The highest BCUT2D eigenvalue weighted by Gasteiger charge is 2.64. The van der Waals surface area contributed by atoms with Crippen molar-refractivity contribution >= 4 is 41.5 Å². The molecule has 0 aliphatic carbocycles. The molecule has 0 aromatic heterocycles. The Kier molecular flexibility index (Phi) is 4.37. The molecule has 3 aliphatic rings. The Morgan fingerprint density at radius 1 is 1.23 bits per heavy atom. The van der Waals surface area contributed by atoms with Gasteiger partial charge >= 0.3 is 23.8 Å². The van der Waals surface area contributed by atoms with Gasteiger partial charge in [-0.1, -0.05) is 0 Å². The fourth-order valence-corrected chi connectivity index (χ4v) is 5.15. The molecule has 3 aliphatic heterocycles. The molecule has 3 rings (SSSR count). The van der Waals surface area contributed by atoms with E-state index in [4.69, 9.17) is 0 Å². The molecule has 3 heterocycles. The molecule has 10 nitrogen and oxygen atoms in total. The zero-order chi connectivity index (χ0) is 19.4. The Morgan fingerprint density at radius 3 is 2.46 bits per heavy atom. The number of carbonyl (C=O) groups excluding carboxylic acids is 4. The molecule has 3 atom stereocenters. The van der Waals surface area contributed by atoms with E-state index in [9.17, 15) is 29.1 Å². The van der Waals surface area contributed by atoms with Gasteiger partial charge in [0, 0.05) is 24.4 Å². The summed E-state index contributed by atoms with van der Waals surface area (Å²) in [7, 11) is 0. The summed E-state index contributed by atoms with van der Waals surface area (Å²) in [5.74, 6) is -3.28. The van der Waals surface area contributed by atoms with E-state index in [1.165, 1.54) is 21.6 Å². The van der Waals surface area contributed by atoms with Crippen molar-refractivity contribution < 1.29 is 29.1 Å². The first kappa shape index (κ1) is 18.5. The van der Waals surface area contributed by atoms with Crippen LogP contribution in [0.15, 0.2) is 0 Å². The van der Waals surface area contributed by atoms with Gasteiger partial charge in [-0.05, 0) is 20.8 Å². The topological polar surface area (TPSA) is 127 Å². The van der Waals surface area contributed by atoms with Crippen molar-refractivity contribution in [2.45, 2.75) is 43.0 Å². The average Bonchev–Trinajstić information content (AvgIpc) is 2.83. The molecule has 0 spiro atoms. The van der Waals surface area contributed by atoms with Crippen molar-refractivity contribution in [3.05, 3.63) is 0 Å². The summed E-state index contributed by atoms with van der Waals surface area (Å²) in [6.45, 7) is 5.86. The number of β-lactam (4-membered cyclic amide) rings is 1. The van der Waals surface area contributed by atoms with Crippen LogP contribution in [-0.4, -0.2) is 91.4 Å². The molecule has 0 radical (unpaired) electrons. The Labute approximate surface area is 153 Å². The summed E-state index contributed by atoms with van der Waals surface area (Å²) in [6, 6.07) is -2.70. The fraction of sp³-hybridized carbons (Fsp3) is 0.667. The Hall–Kier alpha value is -2.30. The van der Waals surface area contributed by atoms with Crippen LogP contribution in [0.4, 0.5) is 4.79 Å². The number of carbonyl (C=O) groups is 5. The molecule has 2 N–H and O–H groups in total. The first-order valence-corrected chi connectivity index (χ1v) is 9.12. The average molecular weight is 384 g/mol. The van der Waals surface area contributed by atoms with E-state index in [0.29, 0.717) is 6.54 Å². The number of fused-ring (bicyclic) bond motifs is 1. The maximum Gasteiger partial charge on any atom is 0.327 e. The van der Waals surface area contributed by atoms with E-state index in [1.54, 1.807) is 20.8 Å². The maximum absolute atomic E-state index is 12.4. The SMILES string of the molecule is CCN1CCN(C(=O)N[C@@H]2C(=O)N3[C@@H]2SC(C)(C)[C@@H]3C(=O)O)C(=O)C1=O. The van der Waals surface area contributed by atoms with E-state index >= 15 is 0 Å². The van der Waals surface area contributed by atoms with Gasteiger partial charge in [0.1, 0.15) is 17.5 Å². The number of hydrogen-bond acceptors (Lipinski definition) is 6. The first-order valence-electron chi connectivity index (χ1n) is 8.24. The number of urea groups is 1. The Morgan fingerprint density at radius 2 is 1.88 bits per heavy atom. The minimum Gasteiger partial charge on any atom is -0.480 e. The van der Waals surface area contributed by atoms with E-state index in [-0.39, 0.29) is 13.1 Å². The number of thioether (sulfide) groups is 1. The number of hydrogen-bond donors (Lipinski definition) is 2. The quantitative estimate of drug-likeness (QED) is 0.467. The summed E-state index contributed by atoms with van der Waals surface area (Å²) in [4.78, 5) is 63.6. The van der Waals surface area contributed by atoms with Gasteiger partial charge in [-0.15, -0.1) is 11.8 Å². The monoisotopic (exact) mass is 384 g/mol. The van der Waals surface area contributed by atoms with E-state index in [0.717, 1.165) is 4.90 Å². The third kappa shape index (κ3) is 2.61. The molecule has 0 unspecified atom stereocenters. The third-order valence-electron chi connectivity index (χ3n) is 4.89. The van der Waals surface area contributed by atoms with Crippen LogP contribution < -0.4 is 5.32 Å². The largest absolute Gasteiger partial charge is 0.480 e. The highest BCUT2D eigenvalue weighted by molar-refractivity contribution is 8.01. The van der Waals surface area contributed by atoms with Crippen molar-refractivity contribution in [3.8, 4) is 0 Å². The molecule has 0 aromatic carbocycles.